The van der Waals surface area contributed by atoms with E-state index in [1.54, 1.807) is 6.07 Å². The van der Waals surface area contributed by atoms with E-state index in [0.717, 1.165) is 20.3 Å². The van der Waals surface area contributed by atoms with Crippen molar-refractivity contribution in [1.82, 2.24) is 15.3 Å². The molecule has 0 bridgehead atoms. The van der Waals surface area contributed by atoms with E-state index in [-0.39, 0.29) is 11.9 Å². The summed E-state index contributed by atoms with van der Waals surface area (Å²) in [5.41, 5.74) is 0.641. The molecule has 0 aliphatic rings. The van der Waals surface area contributed by atoms with Crippen LogP contribution in [0.15, 0.2) is 24.5 Å². The summed E-state index contributed by atoms with van der Waals surface area (Å²) in [4.78, 5) is 21.1. The number of rotatable bonds is 2. The molecule has 0 unspecified atom stereocenters. The molecule has 3 aromatic rings. The first-order chi connectivity index (χ1) is 9.56. The molecule has 2 heterocycles. The van der Waals surface area contributed by atoms with Crippen LogP contribution in [-0.2, 0) is 0 Å². The maximum Gasteiger partial charge on any atom is 0.251 e. The van der Waals surface area contributed by atoms with E-state index < -0.39 is 0 Å². The largest absolute Gasteiger partial charge is 0.350 e. The van der Waals surface area contributed by atoms with Crippen molar-refractivity contribution in [1.29, 1.82) is 0 Å². The van der Waals surface area contributed by atoms with E-state index in [2.05, 4.69) is 15.3 Å². The van der Waals surface area contributed by atoms with Crippen molar-refractivity contribution in [3.63, 3.8) is 0 Å². The van der Waals surface area contributed by atoms with Crippen molar-refractivity contribution in [2.45, 2.75) is 19.9 Å². The van der Waals surface area contributed by atoms with Crippen LogP contribution in [0.5, 0.6) is 0 Å². The molecule has 0 atom stereocenters. The lowest BCUT2D eigenvalue weighted by atomic mass is 10.1. The van der Waals surface area contributed by atoms with Gasteiger partial charge in [0.2, 0.25) is 0 Å². The van der Waals surface area contributed by atoms with Gasteiger partial charge in [-0.05, 0) is 26.0 Å². The average Bonchev–Trinajstić information content (AvgIpc) is 2.76. The van der Waals surface area contributed by atoms with Gasteiger partial charge in [0.25, 0.3) is 5.91 Å². The van der Waals surface area contributed by atoms with Gasteiger partial charge in [0.1, 0.15) is 16.3 Å². The van der Waals surface area contributed by atoms with Crippen molar-refractivity contribution >= 4 is 49.1 Å². The van der Waals surface area contributed by atoms with Crippen LogP contribution >= 0.6 is 22.9 Å². The number of carbonyl (C=O) groups excluding carboxylic acids is 1. The number of fused-ring (bicyclic) bond motifs is 3. The molecule has 0 saturated carbocycles. The van der Waals surface area contributed by atoms with Gasteiger partial charge >= 0.3 is 0 Å². The fourth-order valence-corrected chi connectivity index (χ4v) is 3.43. The molecule has 2 aromatic heterocycles. The number of hydrogen-bond acceptors (Lipinski definition) is 4. The van der Waals surface area contributed by atoms with Gasteiger partial charge in [0, 0.05) is 21.7 Å². The van der Waals surface area contributed by atoms with Gasteiger partial charge in [-0.1, -0.05) is 17.7 Å². The quantitative estimate of drug-likeness (QED) is 0.735. The monoisotopic (exact) mass is 305 g/mol. The Labute approximate surface area is 124 Å². The smallest absolute Gasteiger partial charge is 0.251 e. The number of thiophene rings is 1. The molecular formula is C14H12ClN3OS. The number of halogens is 1. The lowest BCUT2D eigenvalue weighted by molar-refractivity contribution is 0.0943. The minimum Gasteiger partial charge on any atom is -0.350 e. The summed E-state index contributed by atoms with van der Waals surface area (Å²) in [7, 11) is 0. The van der Waals surface area contributed by atoms with Crippen LogP contribution in [0.2, 0.25) is 5.15 Å². The second-order valence-electron chi connectivity index (χ2n) is 4.79. The second-order valence-corrected chi connectivity index (χ2v) is 6.17. The molecule has 6 heteroatoms. The fourth-order valence-electron chi connectivity index (χ4n) is 2.06. The summed E-state index contributed by atoms with van der Waals surface area (Å²) in [6, 6.07) is 5.69. The summed E-state index contributed by atoms with van der Waals surface area (Å²) in [6.45, 7) is 3.87. The van der Waals surface area contributed by atoms with Gasteiger partial charge in [-0.15, -0.1) is 11.3 Å². The van der Waals surface area contributed by atoms with Crippen LogP contribution in [0.1, 0.15) is 24.2 Å². The third-order valence-corrected chi connectivity index (χ3v) is 4.25. The van der Waals surface area contributed by atoms with Crippen LogP contribution in [0, 0.1) is 0 Å². The summed E-state index contributed by atoms with van der Waals surface area (Å²) < 4.78 is 0.985. The van der Waals surface area contributed by atoms with E-state index in [9.17, 15) is 4.79 Å². The number of benzene rings is 1. The fraction of sp³-hybridized carbons (Fsp3) is 0.214. The topological polar surface area (TPSA) is 54.9 Å². The van der Waals surface area contributed by atoms with Crippen LogP contribution in [0.4, 0.5) is 0 Å². The molecule has 0 aliphatic carbocycles. The van der Waals surface area contributed by atoms with Crippen molar-refractivity contribution in [3.05, 3.63) is 35.2 Å². The highest BCUT2D eigenvalue weighted by Gasteiger charge is 2.13. The number of amides is 1. The van der Waals surface area contributed by atoms with Crippen LogP contribution in [0.25, 0.3) is 20.3 Å². The predicted molar refractivity (Wildman–Crippen MR) is 82.5 cm³/mol. The average molecular weight is 306 g/mol. The Kier molecular flexibility index (Phi) is 3.31. The Morgan fingerprint density at radius 3 is 2.90 bits per heavy atom. The zero-order chi connectivity index (χ0) is 14.3. The van der Waals surface area contributed by atoms with Gasteiger partial charge in [0.15, 0.2) is 0 Å². The van der Waals surface area contributed by atoms with E-state index in [0.29, 0.717) is 10.7 Å². The first-order valence-electron chi connectivity index (χ1n) is 6.20. The molecule has 20 heavy (non-hydrogen) atoms. The molecule has 0 fully saturated rings. The lowest BCUT2D eigenvalue weighted by Crippen LogP contribution is -2.29. The third kappa shape index (κ3) is 2.23. The highest BCUT2D eigenvalue weighted by molar-refractivity contribution is 7.25. The van der Waals surface area contributed by atoms with Crippen molar-refractivity contribution in [2.24, 2.45) is 0 Å². The number of aromatic nitrogens is 2. The zero-order valence-corrected chi connectivity index (χ0v) is 12.5. The minimum absolute atomic E-state index is 0.0727. The van der Waals surface area contributed by atoms with Crippen molar-refractivity contribution in [3.8, 4) is 0 Å². The molecule has 0 saturated heterocycles. The summed E-state index contributed by atoms with van der Waals surface area (Å²) in [5, 5.41) is 5.16. The molecule has 0 spiro atoms. The van der Waals surface area contributed by atoms with E-state index in [1.165, 1.54) is 17.7 Å². The molecular weight excluding hydrogens is 294 g/mol. The number of nitrogens with zero attached hydrogens (tertiary/aromatic N) is 2. The summed E-state index contributed by atoms with van der Waals surface area (Å²) in [6.07, 6.45) is 1.45. The second kappa shape index (κ2) is 5.00. The van der Waals surface area contributed by atoms with E-state index >= 15 is 0 Å². The highest BCUT2D eigenvalue weighted by Crippen LogP contribution is 2.35. The predicted octanol–water partition coefficient (Wildman–Crippen LogP) is 3.64. The molecule has 1 amide bonds. The maximum absolute atomic E-state index is 12.0. The van der Waals surface area contributed by atoms with Crippen molar-refractivity contribution in [2.75, 3.05) is 0 Å². The Bertz CT molecular complexity index is 813. The van der Waals surface area contributed by atoms with Gasteiger partial charge < -0.3 is 5.32 Å². The summed E-state index contributed by atoms with van der Waals surface area (Å²) in [5.74, 6) is -0.0727. The maximum atomic E-state index is 12.0. The normalized spacial score (nSPS) is 11.4. The molecule has 1 aromatic carbocycles. The van der Waals surface area contributed by atoms with Crippen molar-refractivity contribution < 1.29 is 4.79 Å². The first-order valence-corrected chi connectivity index (χ1v) is 7.39. The molecule has 0 radical (unpaired) electrons. The lowest BCUT2D eigenvalue weighted by Gasteiger charge is -2.08. The number of hydrogen-bond donors (Lipinski definition) is 1. The van der Waals surface area contributed by atoms with Gasteiger partial charge in [-0.2, -0.15) is 0 Å². The van der Waals surface area contributed by atoms with Crippen LogP contribution < -0.4 is 5.32 Å². The minimum atomic E-state index is -0.0727. The van der Waals surface area contributed by atoms with Crippen LogP contribution in [-0.4, -0.2) is 21.9 Å². The standard InChI is InChI=1S/C14H12ClN3OS/c1-7(2)18-13(19)8-3-4-9-10(5-8)20-14-11(9)12(15)16-6-17-14/h3-7H,1-2H3,(H,18,19). The Hall–Kier alpha value is -1.72. The third-order valence-electron chi connectivity index (χ3n) is 2.91. The first kappa shape index (κ1) is 13.3. The van der Waals surface area contributed by atoms with Gasteiger partial charge in [-0.3, -0.25) is 4.79 Å². The van der Waals surface area contributed by atoms with Gasteiger partial charge in [-0.25, -0.2) is 9.97 Å². The Balaban J connectivity index is 2.15. The summed E-state index contributed by atoms with van der Waals surface area (Å²) >= 11 is 7.64. The molecule has 102 valence electrons. The molecule has 1 N–H and O–H groups in total. The molecule has 3 rings (SSSR count). The molecule has 4 nitrogen and oxygen atoms in total. The van der Waals surface area contributed by atoms with E-state index in [1.807, 2.05) is 26.0 Å². The SMILES string of the molecule is CC(C)NC(=O)c1ccc2c(c1)sc1ncnc(Cl)c12. The van der Waals surface area contributed by atoms with E-state index in [4.69, 9.17) is 11.6 Å². The Morgan fingerprint density at radius 1 is 1.35 bits per heavy atom. The van der Waals surface area contributed by atoms with Gasteiger partial charge in [0.05, 0.1) is 5.39 Å². The highest BCUT2D eigenvalue weighted by atomic mass is 35.5. The number of carbonyl (C=O) groups is 1. The van der Waals surface area contributed by atoms with Crippen LogP contribution in [0.3, 0.4) is 0 Å². The molecule has 0 aliphatic heterocycles. The zero-order valence-electron chi connectivity index (χ0n) is 11.0. The Morgan fingerprint density at radius 2 is 2.15 bits per heavy atom. The number of nitrogens with one attached hydrogen (secondary N) is 1.